The molecule has 0 amide bonds. The van der Waals surface area contributed by atoms with Gasteiger partial charge in [-0.2, -0.15) is 5.10 Å². The smallest absolute Gasteiger partial charge is 0.213 e. The number of methoxy groups -OCH3 is 1. The van der Waals surface area contributed by atoms with Crippen molar-refractivity contribution in [3.8, 4) is 11.6 Å². The van der Waals surface area contributed by atoms with E-state index >= 15 is 0 Å². The number of hydrogen-bond donors (Lipinski definition) is 0. The summed E-state index contributed by atoms with van der Waals surface area (Å²) >= 11 is 0. The van der Waals surface area contributed by atoms with Crippen molar-refractivity contribution in [2.75, 3.05) is 13.7 Å². The van der Waals surface area contributed by atoms with Gasteiger partial charge >= 0.3 is 0 Å². The predicted molar refractivity (Wildman–Crippen MR) is 106 cm³/mol. The van der Waals surface area contributed by atoms with Gasteiger partial charge in [0.2, 0.25) is 5.88 Å². The summed E-state index contributed by atoms with van der Waals surface area (Å²) in [5.41, 5.74) is 1.85. The van der Waals surface area contributed by atoms with Crippen LogP contribution in [-0.2, 0) is 0 Å². The van der Waals surface area contributed by atoms with Crippen molar-refractivity contribution in [1.29, 1.82) is 0 Å². The molecule has 0 aliphatic heterocycles. The molecule has 2 aliphatic rings. The molecule has 0 N–H and O–H groups in total. The van der Waals surface area contributed by atoms with Crippen LogP contribution >= 0.6 is 0 Å². The number of pyridine rings is 1. The maximum atomic E-state index is 11.4. The van der Waals surface area contributed by atoms with Gasteiger partial charge in [0.15, 0.2) is 6.29 Å². The van der Waals surface area contributed by atoms with Gasteiger partial charge in [-0.3, -0.25) is 9.48 Å². The topological polar surface area (TPSA) is 66.2 Å². The highest BCUT2D eigenvalue weighted by molar-refractivity contribution is 5.79. The first-order valence-corrected chi connectivity index (χ1v) is 10.5. The van der Waals surface area contributed by atoms with Crippen LogP contribution in [0.1, 0.15) is 79.4 Å². The standard InChI is InChI=1S/C22H29N3O3/c1-27-22-12-17(14-26)21(13-23-22)28-15-16-6-2-5-9-19(16)20-10-11-24-25(20)18-7-3-4-8-18/h10-14,16,18-19H,2-9,15H2,1H3. The van der Waals surface area contributed by atoms with Crippen molar-refractivity contribution in [2.45, 2.75) is 63.3 Å². The highest BCUT2D eigenvalue weighted by atomic mass is 16.5. The van der Waals surface area contributed by atoms with Crippen LogP contribution < -0.4 is 9.47 Å². The summed E-state index contributed by atoms with van der Waals surface area (Å²) < 4.78 is 13.5. The molecular weight excluding hydrogens is 354 g/mol. The quantitative estimate of drug-likeness (QED) is 0.655. The lowest BCUT2D eigenvalue weighted by atomic mass is 9.77. The molecule has 2 saturated carbocycles. The molecule has 0 radical (unpaired) electrons. The molecule has 28 heavy (non-hydrogen) atoms. The number of nitrogens with zero attached hydrogens (tertiary/aromatic N) is 3. The third-order valence-electron chi connectivity index (χ3n) is 6.32. The molecule has 2 atom stereocenters. The van der Waals surface area contributed by atoms with E-state index in [2.05, 4.69) is 20.8 Å². The van der Waals surface area contributed by atoms with E-state index in [4.69, 9.17) is 9.47 Å². The van der Waals surface area contributed by atoms with Crippen molar-refractivity contribution < 1.29 is 14.3 Å². The Morgan fingerprint density at radius 1 is 1.18 bits per heavy atom. The second-order valence-electron chi connectivity index (χ2n) is 7.98. The first-order valence-electron chi connectivity index (χ1n) is 10.5. The van der Waals surface area contributed by atoms with E-state index in [1.54, 1.807) is 12.3 Å². The molecule has 150 valence electrons. The molecule has 2 aromatic rings. The molecule has 0 saturated heterocycles. The average molecular weight is 383 g/mol. The fourth-order valence-electron chi connectivity index (χ4n) is 4.83. The third kappa shape index (κ3) is 3.91. The molecule has 4 rings (SSSR count). The van der Waals surface area contributed by atoms with Crippen LogP contribution in [0.2, 0.25) is 0 Å². The Kier molecular flexibility index (Phi) is 5.93. The highest BCUT2D eigenvalue weighted by Crippen LogP contribution is 2.40. The Balaban J connectivity index is 1.49. The summed E-state index contributed by atoms with van der Waals surface area (Å²) in [6.07, 6.45) is 14.2. The third-order valence-corrected chi connectivity index (χ3v) is 6.32. The number of rotatable bonds is 7. The van der Waals surface area contributed by atoms with Crippen LogP contribution in [0.15, 0.2) is 24.5 Å². The molecule has 2 heterocycles. The monoisotopic (exact) mass is 383 g/mol. The molecule has 6 nitrogen and oxygen atoms in total. The highest BCUT2D eigenvalue weighted by Gasteiger charge is 2.31. The number of aromatic nitrogens is 3. The zero-order valence-electron chi connectivity index (χ0n) is 16.5. The molecular formula is C22H29N3O3. The van der Waals surface area contributed by atoms with E-state index < -0.39 is 0 Å². The van der Waals surface area contributed by atoms with Crippen molar-refractivity contribution in [2.24, 2.45) is 5.92 Å². The maximum absolute atomic E-state index is 11.4. The lowest BCUT2D eigenvalue weighted by Gasteiger charge is -2.32. The Labute approximate surface area is 166 Å². The van der Waals surface area contributed by atoms with E-state index in [1.165, 1.54) is 57.7 Å². The van der Waals surface area contributed by atoms with Crippen molar-refractivity contribution in [3.63, 3.8) is 0 Å². The maximum Gasteiger partial charge on any atom is 0.213 e. The molecule has 2 unspecified atom stereocenters. The van der Waals surface area contributed by atoms with Gasteiger partial charge in [0.25, 0.3) is 0 Å². The van der Waals surface area contributed by atoms with Crippen LogP contribution in [0.3, 0.4) is 0 Å². The lowest BCUT2D eigenvalue weighted by molar-refractivity contribution is 0.111. The van der Waals surface area contributed by atoms with Gasteiger partial charge in [-0.05, 0) is 31.7 Å². The van der Waals surface area contributed by atoms with E-state index in [9.17, 15) is 4.79 Å². The summed E-state index contributed by atoms with van der Waals surface area (Å²) in [6, 6.07) is 4.38. The zero-order chi connectivity index (χ0) is 19.3. The minimum Gasteiger partial charge on any atom is -0.491 e. The molecule has 0 aromatic carbocycles. The van der Waals surface area contributed by atoms with Crippen LogP contribution in [-0.4, -0.2) is 34.8 Å². The number of carbonyl (C=O) groups is 1. The largest absolute Gasteiger partial charge is 0.491 e. The molecule has 6 heteroatoms. The normalized spacial score (nSPS) is 22.9. The minimum atomic E-state index is 0.422. The first kappa shape index (κ1) is 19.0. The lowest BCUT2D eigenvalue weighted by Crippen LogP contribution is -2.27. The second-order valence-corrected chi connectivity index (χ2v) is 7.98. The number of hydrogen-bond acceptors (Lipinski definition) is 5. The fourth-order valence-corrected chi connectivity index (χ4v) is 4.83. The first-order chi connectivity index (χ1) is 13.8. The van der Waals surface area contributed by atoms with E-state index in [0.29, 0.717) is 41.7 Å². The number of aldehydes is 1. The van der Waals surface area contributed by atoms with E-state index in [1.807, 2.05) is 6.20 Å². The van der Waals surface area contributed by atoms with Gasteiger partial charge in [-0.15, -0.1) is 0 Å². The Bertz CT molecular complexity index is 798. The van der Waals surface area contributed by atoms with Crippen molar-refractivity contribution in [3.05, 3.63) is 35.8 Å². The molecule has 2 fully saturated rings. The average Bonchev–Trinajstić information content (AvgIpc) is 3.43. The Morgan fingerprint density at radius 3 is 2.75 bits per heavy atom. The van der Waals surface area contributed by atoms with Crippen LogP contribution in [0.4, 0.5) is 0 Å². The van der Waals surface area contributed by atoms with Crippen LogP contribution in [0.5, 0.6) is 11.6 Å². The fraction of sp³-hybridized carbons (Fsp3) is 0.591. The minimum absolute atomic E-state index is 0.422. The molecule has 0 bridgehead atoms. The van der Waals surface area contributed by atoms with E-state index in [0.717, 1.165) is 12.7 Å². The van der Waals surface area contributed by atoms with Gasteiger partial charge in [0.1, 0.15) is 5.75 Å². The van der Waals surface area contributed by atoms with Gasteiger partial charge in [-0.1, -0.05) is 25.7 Å². The van der Waals surface area contributed by atoms with Crippen LogP contribution in [0, 0.1) is 5.92 Å². The van der Waals surface area contributed by atoms with Crippen molar-refractivity contribution >= 4 is 6.29 Å². The van der Waals surface area contributed by atoms with Gasteiger partial charge in [-0.25, -0.2) is 4.98 Å². The number of carbonyl (C=O) groups excluding carboxylic acids is 1. The van der Waals surface area contributed by atoms with Gasteiger partial charge in [0, 0.05) is 29.8 Å². The van der Waals surface area contributed by atoms with Gasteiger partial charge < -0.3 is 9.47 Å². The molecule has 2 aromatic heterocycles. The van der Waals surface area contributed by atoms with E-state index in [-0.39, 0.29) is 0 Å². The van der Waals surface area contributed by atoms with Crippen LogP contribution in [0.25, 0.3) is 0 Å². The summed E-state index contributed by atoms with van der Waals surface area (Å²) in [4.78, 5) is 15.6. The molecule has 0 spiro atoms. The summed E-state index contributed by atoms with van der Waals surface area (Å²) in [7, 11) is 1.54. The summed E-state index contributed by atoms with van der Waals surface area (Å²) in [5.74, 6) is 1.84. The number of ether oxygens (including phenoxy) is 2. The Hall–Kier alpha value is -2.37. The predicted octanol–water partition coefficient (Wildman–Crippen LogP) is 4.57. The molecule has 2 aliphatic carbocycles. The summed E-state index contributed by atoms with van der Waals surface area (Å²) in [5, 5.41) is 4.68. The second kappa shape index (κ2) is 8.76. The van der Waals surface area contributed by atoms with Gasteiger partial charge in [0.05, 0.1) is 31.5 Å². The zero-order valence-corrected chi connectivity index (χ0v) is 16.5. The SMILES string of the molecule is COc1cc(C=O)c(OCC2CCCCC2c2ccnn2C2CCCC2)cn1. The Morgan fingerprint density at radius 2 is 1.96 bits per heavy atom. The van der Waals surface area contributed by atoms with Crippen molar-refractivity contribution in [1.82, 2.24) is 14.8 Å². The summed E-state index contributed by atoms with van der Waals surface area (Å²) in [6.45, 7) is 0.593.